The highest BCUT2D eigenvalue weighted by atomic mass is 79.9. The zero-order valence-corrected chi connectivity index (χ0v) is 9.12. The summed E-state index contributed by atoms with van der Waals surface area (Å²) >= 11 is 5.07. The van der Waals surface area contributed by atoms with Crippen molar-refractivity contribution < 1.29 is 0 Å². The molecule has 12 heavy (non-hydrogen) atoms. The molecule has 0 unspecified atom stereocenters. The van der Waals surface area contributed by atoms with Crippen LogP contribution >= 0.6 is 27.3 Å². The van der Waals surface area contributed by atoms with E-state index < -0.39 is 0 Å². The Morgan fingerprint density at radius 3 is 2.83 bits per heavy atom. The molecule has 1 N–H and O–H groups in total. The summed E-state index contributed by atoms with van der Waals surface area (Å²) in [4.78, 5) is 4.44. The van der Waals surface area contributed by atoms with Crippen molar-refractivity contribution in [1.82, 2.24) is 10.3 Å². The summed E-state index contributed by atoms with van der Waals surface area (Å²) < 4.78 is 1.01. The second-order valence-corrected chi connectivity index (χ2v) is 5.18. The molecule has 1 aromatic heterocycles. The standard InChI is InChI=1S/C8H11BrN2S/c9-8-11-7(5-12-8)6-1-3-10-4-2-6/h5-6,10H,1-4H2. The Labute approximate surface area is 84.5 Å². The average Bonchev–Trinajstić information content (AvgIpc) is 2.54. The van der Waals surface area contributed by atoms with Crippen LogP contribution in [-0.4, -0.2) is 18.1 Å². The normalized spacial score (nSPS) is 19.8. The third-order valence-corrected chi connectivity index (χ3v) is 3.63. The molecule has 1 fully saturated rings. The molecule has 1 aliphatic rings. The average molecular weight is 247 g/mol. The lowest BCUT2D eigenvalue weighted by Crippen LogP contribution is -2.26. The van der Waals surface area contributed by atoms with Gasteiger partial charge in [0.1, 0.15) is 0 Å². The first-order valence-electron chi connectivity index (χ1n) is 4.18. The largest absolute Gasteiger partial charge is 0.317 e. The molecule has 1 aromatic rings. The van der Waals surface area contributed by atoms with Gasteiger partial charge in [0, 0.05) is 11.3 Å². The molecule has 2 heterocycles. The Morgan fingerprint density at radius 2 is 2.25 bits per heavy atom. The van der Waals surface area contributed by atoms with Crippen LogP contribution < -0.4 is 5.32 Å². The van der Waals surface area contributed by atoms with E-state index in [2.05, 4.69) is 31.6 Å². The fourth-order valence-corrected chi connectivity index (χ4v) is 2.67. The zero-order valence-electron chi connectivity index (χ0n) is 6.72. The lowest BCUT2D eigenvalue weighted by atomic mass is 9.96. The number of rotatable bonds is 1. The topological polar surface area (TPSA) is 24.9 Å². The van der Waals surface area contributed by atoms with Gasteiger partial charge in [0.15, 0.2) is 3.92 Å². The van der Waals surface area contributed by atoms with E-state index in [-0.39, 0.29) is 0 Å². The summed E-state index contributed by atoms with van der Waals surface area (Å²) in [5.74, 6) is 0.689. The van der Waals surface area contributed by atoms with Gasteiger partial charge in [-0.1, -0.05) is 0 Å². The van der Waals surface area contributed by atoms with Crippen molar-refractivity contribution in [1.29, 1.82) is 0 Å². The van der Waals surface area contributed by atoms with Gasteiger partial charge in [-0.3, -0.25) is 0 Å². The van der Waals surface area contributed by atoms with Crippen LogP contribution in [0.5, 0.6) is 0 Å². The van der Waals surface area contributed by atoms with Gasteiger partial charge in [-0.25, -0.2) is 4.98 Å². The quantitative estimate of drug-likeness (QED) is 0.824. The number of aromatic nitrogens is 1. The molecule has 0 spiro atoms. The Bertz CT molecular complexity index is 255. The van der Waals surface area contributed by atoms with E-state index in [1.807, 2.05) is 0 Å². The van der Waals surface area contributed by atoms with E-state index >= 15 is 0 Å². The summed E-state index contributed by atoms with van der Waals surface area (Å²) in [7, 11) is 0. The van der Waals surface area contributed by atoms with Crippen molar-refractivity contribution in [2.24, 2.45) is 0 Å². The molecule has 0 atom stereocenters. The monoisotopic (exact) mass is 246 g/mol. The van der Waals surface area contributed by atoms with Crippen LogP contribution in [0.2, 0.25) is 0 Å². The maximum absolute atomic E-state index is 4.44. The van der Waals surface area contributed by atoms with E-state index in [1.165, 1.54) is 18.5 Å². The van der Waals surface area contributed by atoms with E-state index in [9.17, 15) is 0 Å². The molecule has 0 radical (unpaired) electrons. The molecular weight excluding hydrogens is 236 g/mol. The number of halogens is 1. The lowest BCUT2D eigenvalue weighted by Gasteiger charge is -2.20. The minimum atomic E-state index is 0.689. The highest BCUT2D eigenvalue weighted by Gasteiger charge is 2.17. The smallest absolute Gasteiger partial charge is 0.159 e. The maximum atomic E-state index is 4.44. The van der Waals surface area contributed by atoms with Crippen LogP contribution in [0.1, 0.15) is 24.5 Å². The van der Waals surface area contributed by atoms with Crippen molar-refractivity contribution >= 4 is 27.3 Å². The van der Waals surface area contributed by atoms with Gasteiger partial charge in [0.25, 0.3) is 0 Å². The first-order chi connectivity index (χ1) is 5.86. The Balaban J connectivity index is 2.08. The van der Waals surface area contributed by atoms with Crippen LogP contribution in [0.25, 0.3) is 0 Å². The fourth-order valence-electron chi connectivity index (χ4n) is 1.57. The zero-order chi connectivity index (χ0) is 8.39. The summed E-state index contributed by atoms with van der Waals surface area (Å²) in [5.41, 5.74) is 1.27. The van der Waals surface area contributed by atoms with E-state index in [1.54, 1.807) is 11.3 Å². The van der Waals surface area contributed by atoms with Gasteiger partial charge in [0.2, 0.25) is 0 Å². The number of nitrogens with zero attached hydrogens (tertiary/aromatic N) is 1. The number of piperidine rings is 1. The molecule has 2 nitrogen and oxygen atoms in total. The molecule has 0 aliphatic carbocycles. The third kappa shape index (κ3) is 1.87. The van der Waals surface area contributed by atoms with Gasteiger partial charge in [-0.15, -0.1) is 11.3 Å². The van der Waals surface area contributed by atoms with Gasteiger partial charge >= 0.3 is 0 Å². The number of nitrogens with one attached hydrogen (secondary N) is 1. The molecule has 1 saturated heterocycles. The van der Waals surface area contributed by atoms with Gasteiger partial charge in [0.05, 0.1) is 5.69 Å². The van der Waals surface area contributed by atoms with E-state index in [4.69, 9.17) is 0 Å². The van der Waals surface area contributed by atoms with Crippen LogP contribution in [0.3, 0.4) is 0 Å². The van der Waals surface area contributed by atoms with Gasteiger partial charge in [-0.05, 0) is 41.9 Å². The summed E-state index contributed by atoms with van der Waals surface area (Å²) in [6.45, 7) is 2.28. The Morgan fingerprint density at radius 1 is 1.50 bits per heavy atom. The van der Waals surface area contributed by atoms with Crippen molar-refractivity contribution in [3.63, 3.8) is 0 Å². The molecule has 0 bridgehead atoms. The SMILES string of the molecule is Brc1nc(C2CCNCC2)cs1. The summed E-state index contributed by atoms with van der Waals surface area (Å²) in [6, 6.07) is 0. The molecule has 4 heteroatoms. The second kappa shape index (κ2) is 3.85. The van der Waals surface area contributed by atoms with Crippen molar-refractivity contribution in [3.8, 4) is 0 Å². The number of hydrogen-bond donors (Lipinski definition) is 1. The molecule has 0 saturated carbocycles. The molecular formula is C8H11BrN2S. The minimum Gasteiger partial charge on any atom is -0.317 e. The van der Waals surface area contributed by atoms with Crippen LogP contribution in [0.15, 0.2) is 9.30 Å². The molecule has 0 aromatic carbocycles. The minimum absolute atomic E-state index is 0.689. The summed E-state index contributed by atoms with van der Waals surface area (Å²) in [5, 5.41) is 5.52. The summed E-state index contributed by atoms with van der Waals surface area (Å²) in [6.07, 6.45) is 2.46. The van der Waals surface area contributed by atoms with Gasteiger partial charge < -0.3 is 5.32 Å². The highest BCUT2D eigenvalue weighted by Crippen LogP contribution is 2.27. The Hall–Kier alpha value is 0.0700. The van der Waals surface area contributed by atoms with Gasteiger partial charge in [-0.2, -0.15) is 0 Å². The number of hydrogen-bond acceptors (Lipinski definition) is 3. The third-order valence-electron chi connectivity index (χ3n) is 2.25. The van der Waals surface area contributed by atoms with Crippen LogP contribution in [-0.2, 0) is 0 Å². The first-order valence-corrected chi connectivity index (χ1v) is 5.85. The molecule has 2 rings (SSSR count). The van der Waals surface area contributed by atoms with Crippen molar-refractivity contribution in [2.75, 3.05) is 13.1 Å². The molecule has 1 aliphatic heterocycles. The van der Waals surface area contributed by atoms with Crippen molar-refractivity contribution in [3.05, 3.63) is 15.0 Å². The first kappa shape index (κ1) is 8.66. The maximum Gasteiger partial charge on any atom is 0.159 e. The fraction of sp³-hybridized carbons (Fsp3) is 0.625. The Kier molecular flexibility index (Phi) is 2.78. The molecule has 0 amide bonds. The second-order valence-electron chi connectivity index (χ2n) is 3.05. The lowest BCUT2D eigenvalue weighted by molar-refractivity contribution is 0.454. The molecule has 66 valence electrons. The van der Waals surface area contributed by atoms with E-state index in [0.717, 1.165) is 17.0 Å². The van der Waals surface area contributed by atoms with Crippen LogP contribution in [0, 0.1) is 0 Å². The predicted molar refractivity (Wildman–Crippen MR) is 54.7 cm³/mol. The predicted octanol–water partition coefficient (Wildman–Crippen LogP) is 2.37. The number of thiazole rings is 1. The highest BCUT2D eigenvalue weighted by molar-refractivity contribution is 9.11. The van der Waals surface area contributed by atoms with Crippen molar-refractivity contribution in [2.45, 2.75) is 18.8 Å². The van der Waals surface area contributed by atoms with Crippen LogP contribution in [0.4, 0.5) is 0 Å². The van der Waals surface area contributed by atoms with E-state index in [0.29, 0.717) is 5.92 Å².